The van der Waals surface area contributed by atoms with E-state index in [2.05, 4.69) is 36.2 Å². The highest BCUT2D eigenvalue weighted by molar-refractivity contribution is 5.39. The third-order valence-electron chi connectivity index (χ3n) is 3.48. The molecule has 0 amide bonds. The molecule has 1 heterocycles. The molecule has 1 aromatic carbocycles. The summed E-state index contributed by atoms with van der Waals surface area (Å²) in [7, 11) is 0. The number of carbonyl (C=O) groups excluding carboxylic acids is 1. The topological polar surface area (TPSA) is 38.7 Å². The number of aryl methyl sites for hydroxylation is 1. The van der Waals surface area contributed by atoms with E-state index < -0.39 is 5.54 Å². The highest BCUT2D eigenvalue weighted by atomic mass is 16.5. The fourth-order valence-electron chi connectivity index (χ4n) is 2.31. The predicted molar refractivity (Wildman–Crippen MR) is 65.7 cm³/mol. The Hall–Kier alpha value is -1.44. The fourth-order valence-corrected chi connectivity index (χ4v) is 2.31. The van der Waals surface area contributed by atoms with Gasteiger partial charge in [-0.05, 0) is 17.5 Å². The van der Waals surface area contributed by atoms with E-state index in [0.29, 0.717) is 13.2 Å². The Morgan fingerprint density at radius 2 is 1.94 bits per heavy atom. The van der Waals surface area contributed by atoms with E-state index in [1.807, 2.05) is 0 Å². The molecule has 1 aromatic rings. The smallest absolute Gasteiger partial charge is 0.235 e. The van der Waals surface area contributed by atoms with Gasteiger partial charge in [0.15, 0.2) is 0 Å². The molecule has 0 bridgehead atoms. The Morgan fingerprint density at radius 1 is 1.29 bits per heavy atom. The second kappa shape index (κ2) is 5.26. The molecular weight excluding hydrogens is 214 g/mol. The first-order chi connectivity index (χ1) is 8.30. The van der Waals surface area contributed by atoms with Gasteiger partial charge < -0.3 is 4.74 Å². The summed E-state index contributed by atoms with van der Waals surface area (Å²) in [5.41, 5.74) is 1.99. The van der Waals surface area contributed by atoms with Gasteiger partial charge in [-0.15, -0.1) is 0 Å². The van der Waals surface area contributed by atoms with Crippen molar-refractivity contribution in [1.29, 1.82) is 0 Å². The molecule has 1 saturated heterocycles. The van der Waals surface area contributed by atoms with Gasteiger partial charge in [-0.3, -0.25) is 0 Å². The van der Waals surface area contributed by atoms with E-state index >= 15 is 0 Å². The van der Waals surface area contributed by atoms with Gasteiger partial charge in [-0.25, -0.2) is 4.79 Å². The molecule has 0 radical (unpaired) electrons. The van der Waals surface area contributed by atoms with Crippen molar-refractivity contribution in [1.82, 2.24) is 0 Å². The van der Waals surface area contributed by atoms with Gasteiger partial charge in [0.2, 0.25) is 6.08 Å². The molecule has 0 N–H and O–H groups in total. The van der Waals surface area contributed by atoms with Crippen LogP contribution in [0.2, 0.25) is 0 Å². The van der Waals surface area contributed by atoms with Crippen LogP contribution >= 0.6 is 0 Å². The third kappa shape index (κ3) is 2.46. The zero-order valence-corrected chi connectivity index (χ0v) is 10.1. The van der Waals surface area contributed by atoms with Crippen molar-refractivity contribution in [2.45, 2.75) is 31.7 Å². The first kappa shape index (κ1) is 12.0. The van der Waals surface area contributed by atoms with Crippen LogP contribution in [0.4, 0.5) is 0 Å². The standard InChI is InChI=1S/C14H17NO2/c1-2-12-3-5-13(6-4-12)14(15-11-16)7-9-17-10-8-14/h3-6H,2,7-10H2,1H3. The minimum Gasteiger partial charge on any atom is -0.381 e. The summed E-state index contributed by atoms with van der Waals surface area (Å²) in [5, 5.41) is 0. The third-order valence-corrected chi connectivity index (χ3v) is 3.48. The van der Waals surface area contributed by atoms with Crippen LogP contribution in [0.1, 0.15) is 30.9 Å². The molecule has 0 aliphatic carbocycles. The van der Waals surface area contributed by atoms with Crippen LogP contribution in [0.3, 0.4) is 0 Å². The monoisotopic (exact) mass is 231 g/mol. The summed E-state index contributed by atoms with van der Waals surface area (Å²) >= 11 is 0. The Balaban J connectivity index is 2.34. The molecule has 0 saturated carbocycles. The average Bonchev–Trinajstić information content (AvgIpc) is 2.40. The van der Waals surface area contributed by atoms with Gasteiger partial charge in [-0.2, -0.15) is 4.99 Å². The maximum Gasteiger partial charge on any atom is 0.235 e. The molecule has 1 aliphatic rings. The molecule has 0 atom stereocenters. The molecule has 2 rings (SSSR count). The Morgan fingerprint density at radius 3 is 2.47 bits per heavy atom. The SMILES string of the molecule is CCc1ccc(C2(N=C=O)CCOCC2)cc1. The average molecular weight is 231 g/mol. The van der Waals surface area contributed by atoms with E-state index in [1.165, 1.54) is 5.56 Å². The van der Waals surface area contributed by atoms with E-state index in [0.717, 1.165) is 24.8 Å². The summed E-state index contributed by atoms with van der Waals surface area (Å²) < 4.78 is 5.35. The molecule has 3 nitrogen and oxygen atoms in total. The van der Waals surface area contributed by atoms with Gasteiger partial charge in [0.1, 0.15) is 5.54 Å². The second-order valence-corrected chi connectivity index (χ2v) is 4.40. The largest absolute Gasteiger partial charge is 0.381 e. The summed E-state index contributed by atoms with van der Waals surface area (Å²) in [6, 6.07) is 8.36. The quantitative estimate of drug-likeness (QED) is 0.592. The summed E-state index contributed by atoms with van der Waals surface area (Å²) in [6.45, 7) is 3.43. The number of isocyanates is 1. The minimum absolute atomic E-state index is 0.410. The van der Waals surface area contributed by atoms with E-state index in [4.69, 9.17) is 4.74 Å². The lowest BCUT2D eigenvalue weighted by Gasteiger charge is -2.32. The number of ether oxygens (including phenoxy) is 1. The van der Waals surface area contributed by atoms with Gasteiger partial charge in [0.05, 0.1) is 0 Å². The van der Waals surface area contributed by atoms with Crippen molar-refractivity contribution in [3.05, 3.63) is 35.4 Å². The lowest BCUT2D eigenvalue weighted by molar-refractivity contribution is 0.0531. The lowest BCUT2D eigenvalue weighted by atomic mass is 9.83. The van der Waals surface area contributed by atoms with Crippen molar-refractivity contribution < 1.29 is 9.53 Å². The maximum atomic E-state index is 10.6. The van der Waals surface area contributed by atoms with E-state index in [-0.39, 0.29) is 0 Å². The number of rotatable bonds is 3. The summed E-state index contributed by atoms with van der Waals surface area (Å²) in [6.07, 6.45) is 4.26. The van der Waals surface area contributed by atoms with Crippen LogP contribution in [0.15, 0.2) is 29.3 Å². The van der Waals surface area contributed by atoms with Crippen molar-refractivity contribution in [3.8, 4) is 0 Å². The summed E-state index contributed by atoms with van der Waals surface area (Å²) in [4.78, 5) is 14.7. The van der Waals surface area contributed by atoms with Crippen molar-refractivity contribution in [2.24, 2.45) is 4.99 Å². The first-order valence-corrected chi connectivity index (χ1v) is 6.07. The molecule has 0 unspecified atom stereocenters. The zero-order chi connectivity index (χ0) is 12.1. The Bertz CT molecular complexity index is 412. The predicted octanol–water partition coefficient (Wildman–Crippen LogP) is 2.59. The van der Waals surface area contributed by atoms with E-state index in [9.17, 15) is 4.79 Å². The number of hydrogen-bond acceptors (Lipinski definition) is 3. The number of aliphatic imine (C=N–C) groups is 1. The number of nitrogens with zero attached hydrogens (tertiary/aromatic N) is 1. The zero-order valence-electron chi connectivity index (χ0n) is 10.1. The van der Waals surface area contributed by atoms with Crippen LogP contribution in [-0.4, -0.2) is 19.3 Å². The second-order valence-electron chi connectivity index (χ2n) is 4.40. The van der Waals surface area contributed by atoms with Crippen LogP contribution in [0.5, 0.6) is 0 Å². The summed E-state index contributed by atoms with van der Waals surface area (Å²) in [5.74, 6) is 0. The van der Waals surface area contributed by atoms with Gasteiger partial charge in [0, 0.05) is 26.1 Å². The van der Waals surface area contributed by atoms with Crippen molar-refractivity contribution in [3.63, 3.8) is 0 Å². The number of benzene rings is 1. The van der Waals surface area contributed by atoms with Crippen LogP contribution in [0.25, 0.3) is 0 Å². The normalized spacial score (nSPS) is 18.4. The maximum absolute atomic E-state index is 10.6. The highest BCUT2D eigenvalue weighted by Gasteiger charge is 2.34. The minimum atomic E-state index is -0.410. The Kier molecular flexibility index (Phi) is 3.72. The van der Waals surface area contributed by atoms with Crippen LogP contribution in [0, 0.1) is 0 Å². The number of hydrogen-bond donors (Lipinski definition) is 0. The van der Waals surface area contributed by atoms with Gasteiger partial charge >= 0.3 is 0 Å². The van der Waals surface area contributed by atoms with Gasteiger partial charge in [-0.1, -0.05) is 31.2 Å². The van der Waals surface area contributed by atoms with Gasteiger partial charge in [0.25, 0.3) is 0 Å². The fraction of sp³-hybridized carbons (Fsp3) is 0.500. The van der Waals surface area contributed by atoms with Crippen molar-refractivity contribution in [2.75, 3.05) is 13.2 Å². The molecule has 1 fully saturated rings. The molecule has 90 valence electrons. The highest BCUT2D eigenvalue weighted by Crippen LogP contribution is 2.35. The van der Waals surface area contributed by atoms with Crippen LogP contribution < -0.4 is 0 Å². The van der Waals surface area contributed by atoms with Crippen molar-refractivity contribution >= 4 is 6.08 Å². The molecule has 3 heteroatoms. The van der Waals surface area contributed by atoms with E-state index in [1.54, 1.807) is 6.08 Å². The Labute approximate surface area is 102 Å². The first-order valence-electron chi connectivity index (χ1n) is 6.07. The molecular formula is C14H17NO2. The molecule has 17 heavy (non-hydrogen) atoms. The van der Waals surface area contributed by atoms with Crippen LogP contribution in [-0.2, 0) is 21.5 Å². The molecule has 0 aromatic heterocycles. The molecule has 0 spiro atoms. The lowest BCUT2D eigenvalue weighted by Crippen LogP contribution is -2.31. The molecule has 1 aliphatic heterocycles.